The van der Waals surface area contributed by atoms with Gasteiger partial charge < -0.3 is 29.1 Å². The maximum atomic E-state index is 15.8. The van der Waals surface area contributed by atoms with Crippen molar-refractivity contribution >= 4 is 48.6 Å². The van der Waals surface area contributed by atoms with E-state index < -0.39 is 43.1 Å². The summed E-state index contributed by atoms with van der Waals surface area (Å²) in [5.74, 6) is -2.39. The molecule has 4 aromatic carbocycles. The number of hydrogen-bond acceptors (Lipinski definition) is 11. The minimum absolute atomic E-state index is 0.0327. The van der Waals surface area contributed by atoms with Gasteiger partial charge in [0.15, 0.2) is 19.7 Å². The van der Waals surface area contributed by atoms with E-state index in [-0.39, 0.29) is 49.6 Å². The van der Waals surface area contributed by atoms with Crippen LogP contribution in [0.25, 0.3) is 0 Å². The van der Waals surface area contributed by atoms with Crippen molar-refractivity contribution in [2.45, 2.75) is 61.2 Å². The summed E-state index contributed by atoms with van der Waals surface area (Å²) in [6.07, 6.45) is 6.41. The summed E-state index contributed by atoms with van der Waals surface area (Å²) in [7, 11) is -7.13. The number of amides is 2. The Morgan fingerprint density at radius 2 is 0.924 bits per heavy atom. The first-order chi connectivity index (χ1) is 31.3. The lowest BCUT2D eigenvalue weighted by Crippen LogP contribution is -2.49. The minimum Gasteiger partial charge on any atom is -0.492 e. The second-order valence-corrected chi connectivity index (χ2v) is 22.2. The van der Waals surface area contributed by atoms with Crippen molar-refractivity contribution in [3.05, 3.63) is 107 Å². The van der Waals surface area contributed by atoms with Crippen molar-refractivity contribution in [1.82, 2.24) is 9.80 Å². The number of carbonyl (C=O) groups is 3. The number of benzene rings is 4. The number of piperazine rings is 2. The molecule has 0 aromatic heterocycles. The number of rotatable bonds is 16. The first-order valence-electron chi connectivity index (χ1n) is 22.5. The first kappa shape index (κ1) is 47.0. The van der Waals surface area contributed by atoms with E-state index in [9.17, 15) is 31.2 Å². The van der Waals surface area contributed by atoms with Gasteiger partial charge in [0.1, 0.15) is 28.9 Å². The molecule has 2 aliphatic carbocycles. The summed E-state index contributed by atoms with van der Waals surface area (Å²) in [4.78, 5) is 48.5. The number of halogens is 2. The fraction of sp³-hybridized carbons (Fsp3) is 0.449. The average molecular weight is 947 g/mol. The van der Waals surface area contributed by atoms with Gasteiger partial charge in [-0.15, -0.1) is 0 Å². The van der Waals surface area contributed by atoms with Gasteiger partial charge in [-0.25, -0.2) is 25.6 Å². The third kappa shape index (κ3) is 10.7. The van der Waals surface area contributed by atoms with Gasteiger partial charge in [0.25, 0.3) is 11.8 Å². The van der Waals surface area contributed by atoms with Crippen molar-refractivity contribution in [3.63, 3.8) is 0 Å². The molecule has 0 bridgehead atoms. The molecule has 4 fully saturated rings. The lowest BCUT2D eigenvalue weighted by atomic mass is 9.85. The largest absolute Gasteiger partial charge is 0.492 e. The Labute approximate surface area is 385 Å². The molecule has 0 radical (unpaired) electrons. The Morgan fingerprint density at radius 1 is 0.561 bits per heavy atom. The molecule has 8 rings (SSSR count). The van der Waals surface area contributed by atoms with Crippen LogP contribution >= 0.6 is 0 Å². The number of carbonyl (C=O) groups excluding carboxylic acids is 3. The SMILES string of the molecule is CC(C(=O)C(C)c1ccc(N2CCN(C(=O)c3cc(S(C)(=O)=O)ccc3OCC3CC3)CC2)cc1F)c1ccc(N2CCN(C(=O)c3cc(S(C)(=O)=O)ccc3OCC3CC3)CC2)cc1F. The number of sulfone groups is 2. The molecule has 17 heteroatoms. The van der Waals surface area contributed by atoms with Crippen molar-refractivity contribution in [1.29, 1.82) is 0 Å². The number of ether oxygens (including phenoxy) is 2. The standard InChI is InChI=1S/C49H56F2N4O9S2/c1-31(39-13-9-35(25-43(39)50)52-17-21-54(22-18-52)48(57)41-27-37(65(3,59)60)11-15-45(41)63-29-33-5-6-33)47(56)32(2)40-14-10-36(26-44(40)51)53-19-23-55(24-20-53)49(58)42-28-38(66(4,61)62)12-16-46(42)64-30-34-7-8-34/h9-16,25-28,31-34H,5-8,17-24,29-30H2,1-4H3. The third-order valence-corrected chi connectivity index (χ3v) is 15.4. The molecule has 2 saturated carbocycles. The number of Topliss-reactive ketones (excluding diaryl/α,β-unsaturated/α-hetero) is 1. The number of hydrogen-bond donors (Lipinski definition) is 0. The molecular formula is C49H56F2N4O9S2. The van der Waals surface area contributed by atoms with E-state index in [1.807, 2.05) is 9.80 Å². The van der Waals surface area contributed by atoms with Crippen LogP contribution in [0.4, 0.5) is 20.2 Å². The quantitative estimate of drug-likeness (QED) is 0.117. The Kier molecular flexibility index (Phi) is 13.5. The molecule has 2 saturated heterocycles. The number of anilines is 2. The molecule has 2 atom stereocenters. The molecule has 2 aliphatic heterocycles. The van der Waals surface area contributed by atoms with E-state index in [0.717, 1.165) is 38.2 Å². The second-order valence-electron chi connectivity index (χ2n) is 18.2. The minimum atomic E-state index is -3.56. The van der Waals surface area contributed by atoms with Crippen molar-refractivity contribution in [2.75, 3.05) is 87.9 Å². The van der Waals surface area contributed by atoms with Gasteiger partial charge in [-0.2, -0.15) is 0 Å². The molecule has 2 unspecified atom stereocenters. The van der Waals surface area contributed by atoms with Crippen LogP contribution in [0.2, 0.25) is 0 Å². The molecule has 352 valence electrons. The van der Waals surface area contributed by atoms with Gasteiger partial charge in [-0.1, -0.05) is 26.0 Å². The zero-order chi connectivity index (χ0) is 47.1. The van der Waals surface area contributed by atoms with Crippen LogP contribution in [0.1, 0.15) is 83.2 Å². The highest BCUT2D eigenvalue weighted by atomic mass is 32.2. The van der Waals surface area contributed by atoms with Crippen molar-refractivity contribution in [2.24, 2.45) is 11.8 Å². The molecule has 2 amide bonds. The van der Waals surface area contributed by atoms with E-state index in [1.54, 1.807) is 60.0 Å². The summed E-state index contributed by atoms with van der Waals surface area (Å²) in [5, 5.41) is 0. The summed E-state index contributed by atoms with van der Waals surface area (Å²) in [6.45, 7) is 6.92. The van der Waals surface area contributed by atoms with Crippen LogP contribution in [-0.4, -0.2) is 122 Å². The summed E-state index contributed by atoms with van der Waals surface area (Å²) in [5.41, 5.74) is 1.92. The zero-order valence-corrected chi connectivity index (χ0v) is 39.3. The average Bonchev–Trinajstić information content (AvgIpc) is 4.25. The van der Waals surface area contributed by atoms with Crippen LogP contribution in [-0.2, 0) is 24.5 Å². The van der Waals surface area contributed by atoms with Gasteiger partial charge in [-0.05, 0) is 109 Å². The predicted molar refractivity (Wildman–Crippen MR) is 246 cm³/mol. The van der Waals surface area contributed by atoms with E-state index in [2.05, 4.69) is 0 Å². The number of nitrogens with zero attached hydrogens (tertiary/aromatic N) is 4. The molecule has 2 heterocycles. The van der Waals surface area contributed by atoms with Crippen LogP contribution in [0.15, 0.2) is 82.6 Å². The van der Waals surface area contributed by atoms with E-state index in [4.69, 9.17) is 9.47 Å². The summed E-state index contributed by atoms with van der Waals surface area (Å²) in [6, 6.07) is 18.1. The molecule has 4 aromatic rings. The Balaban J connectivity index is 0.865. The van der Waals surface area contributed by atoms with Gasteiger partial charge in [0.2, 0.25) is 0 Å². The fourth-order valence-electron chi connectivity index (χ4n) is 8.54. The first-order valence-corrected chi connectivity index (χ1v) is 26.3. The van der Waals surface area contributed by atoms with E-state index in [1.165, 1.54) is 36.4 Å². The van der Waals surface area contributed by atoms with Crippen LogP contribution in [0.5, 0.6) is 11.5 Å². The summed E-state index contributed by atoms with van der Waals surface area (Å²) >= 11 is 0. The number of ketones is 1. The predicted octanol–water partition coefficient (Wildman–Crippen LogP) is 6.75. The lowest BCUT2D eigenvalue weighted by molar-refractivity contribution is -0.121. The molecular weight excluding hydrogens is 891 g/mol. The fourth-order valence-corrected chi connectivity index (χ4v) is 9.83. The second kappa shape index (κ2) is 19.0. The molecule has 13 nitrogen and oxygen atoms in total. The van der Waals surface area contributed by atoms with Crippen LogP contribution < -0.4 is 19.3 Å². The zero-order valence-electron chi connectivity index (χ0n) is 37.7. The van der Waals surface area contributed by atoms with Gasteiger partial charge in [0, 0.05) is 88.1 Å². The highest BCUT2D eigenvalue weighted by Crippen LogP contribution is 2.35. The van der Waals surface area contributed by atoms with Crippen LogP contribution in [0.3, 0.4) is 0 Å². The Morgan fingerprint density at radius 3 is 1.24 bits per heavy atom. The lowest BCUT2D eigenvalue weighted by Gasteiger charge is -2.36. The van der Waals surface area contributed by atoms with Gasteiger partial charge >= 0.3 is 0 Å². The third-order valence-electron chi connectivity index (χ3n) is 13.2. The maximum absolute atomic E-state index is 15.8. The topological polar surface area (TPSA) is 151 Å². The van der Waals surface area contributed by atoms with Crippen molar-refractivity contribution in [3.8, 4) is 11.5 Å². The molecule has 0 spiro atoms. The molecule has 66 heavy (non-hydrogen) atoms. The Hall–Kier alpha value is -5.55. The highest BCUT2D eigenvalue weighted by molar-refractivity contribution is 7.91. The van der Waals surface area contributed by atoms with Crippen molar-refractivity contribution < 1.29 is 49.5 Å². The van der Waals surface area contributed by atoms with E-state index in [0.29, 0.717) is 100 Å². The molecule has 4 aliphatic rings. The maximum Gasteiger partial charge on any atom is 0.257 e. The summed E-state index contributed by atoms with van der Waals surface area (Å²) < 4.78 is 92.9. The monoisotopic (exact) mass is 946 g/mol. The van der Waals surface area contributed by atoms with Gasteiger partial charge in [-0.3, -0.25) is 14.4 Å². The Bertz CT molecular complexity index is 2560. The van der Waals surface area contributed by atoms with E-state index >= 15 is 8.78 Å². The van der Waals surface area contributed by atoms with Crippen LogP contribution in [0, 0.1) is 23.5 Å². The normalized spacial score (nSPS) is 17.9. The van der Waals surface area contributed by atoms with Gasteiger partial charge in [0.05, 0.1) is 34.1 Å². The smallest absolute Gasteiger partial charge is 0.257 e. The highest BCUT2D eigenvalue weighted by Gasteiger charge is 2.32. The molecule has 0 N–H and O–H groups in total.